The minimum atomic E-state index is -0.325. The van der Waals surface area contributed by atoms with Crippen LogP contribution in [0.15, 0.2) is 24.3 Å². The van der Waals surface area contributed by atoms with E-state index in [0.29, 0.717) is 6.42 Å². The molecule has 0 fully saturated rings. The molecule has 0 aliphatic rings. The van der Waals surface area contributed by atoms with Crippen LogP contribution in [-0.4, -0.2) is 21.2 Å². The standard InChI is InChI=1S/C13H16N2O/c1-3-10(16)8-13-9(2)14-11-6-4-5-7-12(11)15-13/h4-7,10,16H,3,8H2,1-2H3. The van der Waals surface area contributed by atoms with Crippen LogP contribution in [0.5, 0.6) is 0 Å². The molecule has 0 spiro atoms. The molecule has 0 aliphatic heterocycles. The largest absolute Gasteiger partial charge is 0.393 e. The second kappa shape index (κ2) is 4.58. The van der Waals surface area contributed by atoms with Crippen LogP contribution in [0.2, 0.25) is 0 Å². The highest BCUT2D eigenvalue weighted by molar-refractivity contribution is 5.74. The van der Waals surface area contributed by atoms with Gasteiger partial charge in [-0.1, -0.05) is 19.1 Å². The Morgan fingerprint density at radius 1 is 1.19 bits per heavy atom. The first-order valence-corrected chi connectivity index (χ1v) is 5.61. The molecule has 2 aromatic rings. The van der Waals surface area contributed by atoms with Crippen molar-refractivity contribution in [2.24, 2.45) is 0 Å². The van der Waals surface area contributed by atoms with Crippen LogP contribution in [0.25, 0.3) is 11.0 Å². The quantitative estimate of drug-likeness (QED) is 0.856. The van der Waals surface area contributed by atoms with Crippen molar-refractivity contribution in [2.45, 2.75) is 32.8 Å². The van der Waals surface area contributed by atoms with E-state index in [4.69, 9.17) is 0 Å². The van der Waals surface area contributed by atoms with Gasteiger partial charge >= 0.3 is 0 Å². The second-order valence-electron chi connectivity index (χ2n) is 4.01. The van der Waals surface area contributed by atoms with E-state index in [1.54, 1.807) is 0 Å². The van der Waals surface area contributed by atoms with Gasteiger partial charge in [-0.15, -0.1) is 0 Å². The van der Waals surface area contributed by atoms with Crippen molar-refractivity contribution >= 4 is 11.0 Å². The molecular weight excluding hydrogens is 200 g/mol. The number of hydrogen-bond acceptors (Lipinski definition) is 3. The lowest BCUT2D eigenvalue weighted by Crippen LogP contribution is -2.11. The van der Waals surface area contributed by atoms with Crippen molar-refractivity contribution in [3.8, 4) is 0 Å². The average molecular weight is 216 g/mol. The molecule has 1 N–H and O–H groups in total. The molecule has 0 saturated heterocycles. The first-order valence-electron chi connectivity index (χ1n) is 5.61. The predicted octanol–water partition coefficient (Wildman–Crippen LogP) is 2.25. The highest BCUT2D eigenvalue weighted by Crippen LogP contribution is 2.14. The SMILES string of the molecule is CCC(O)Cc1nc2ccccc2nc1C. The third kappa shape index (κ3) is 2.19. The van der Waals surface area contributed by atoms with Crippen LogP contribution in [0.1, 0.15) is 24.7 Å². The van der Waals surface area contributed by atoms with Crippen molar-refractivity contribution in [3.05, 3.63) is 35.7 Å². The van der Waals surface area contributed by atoms with Gasteiger partial charge in [0.15, 0.2) is 0 Å². The monoisotopic (exact) mass is 216 g/mol. The van der Waals surface area contributed by atoms with Gasteiger partial charge in [0.2, 0.25) is 0 Å². The fourth-order valence-corrected chi connectivity index (χ4v) is 1.69. The van der Waals surface area contributed by atoms with E-state index in [1.165, 1.54) is 0 Å². The van der Waals surface area contributed by atoms with Crippen LogP contribution >= 0.6 is 0 Å². The highest BCUT2D eigenvalue weighted by Gasteiger charge is 2.09. The molecule has 2 rings (SSSR count). The summed E-state index contributed by atoms with van der Waals surface area (Å²) in [4.78, 5) is 9.03. The molecule has 3 heteroatoms. The Labute approximate surface area is 95.2 Å². The number of nitrogens with zero attached hydrogens (tertiary/aromatic N) is 2. The van der Waals surface area contributed by atoms with Crippen molar-refractivity contribution in [3.63, 3.8) is 0 Å². The maximum absolute atomic E-state index is 9.64. The summed E-state index contributed by atoms with van der Waals surface area (Å²) in [6.45, 7) is 3.91. The summed E-state index contributed by atoms with van der Waals surface area (Å²) in [5.74, 6) is 0. The molecule has 0 saturated carbocycles. The number of fused-ring (bicyclic) bond motifs is 1. The average Bonchev–Trinajstić information content (AvgIpc) is 2.30. The summed E-state index contributed by atoms with van der Waals surface area (Å²) < 4.78 is 0. The fraction of sp³-hybridized carbons (Fsp3) is 0.385. The van der Waals surface area contributed by atoms with Crippen molar-refractivity contribution in [1.82, 2.24) is 9.97 Å². The summed E-state index contributed by atoms with van der Waals surface area (Å²) in [5, 5.41) is 9.64. The van der Waals surface area contributed by atoms with Gasteiger partial charge in [0, 0.05) is 6.42 Å². The molecule has 0 aliphatic carbocycles. The molecule has 0 bridgehead atoms. The first-order chi connectivity index (χ1) is 7.70. The van der Waals surface area contributed by atoms with Gasteiger partial charge < -0.3 is 5.11 Å². The molecule has 84 valence electrons. The highest BCUT2D eigenvalue weighted by atomic mass is 16.3. The number of benzene rings is 1. The number of aliphatic hydroxyl groups excluding tert-OH is 1. The molecule has 0 amide bonds. The number of aromatic nitrogens is 2. The fourth-order valence-electron chi connectivity index (χ4n) is 1.69. The lowest BCUT2D eigenvalue weighted by Gasteiger charge is -2.09. The third-order valence-electron chi connectivity index (χ3n) is 2.74. The van der Waals surface area contributed by atoms with Gasteiger partial charge in [-0.2, -0.15) is 0 Å². The van der Waals surface area contributed by atoms with Crippen LogP contribution in [0, 0.1) is 6.92 Å². The molecule has 1 atom stereocenters. The molecule has 1 aromatic heterocycles. The Morgan fingerprint density at radius 2 is 1.81 bits per heavy atom. The molecule has 1 heterocycles. The van der Waals surface area contributed by atoms with Crippen molar-refractivity contribution in [1.29, 1.82) is 0 Å². The zero-order chi connectivity index (χ0) is 11.5. The molecule has 0 radical (unpaired) electrons. The Kier molecular flexibility index (Phi) is 3.15. The Balaban J connectivity index is 2.42. The van der Waals surface area contributed by atoms with Gasteiger partial charge in [-0.25, -0.2) is 9.97 Å². The number of rotatable bonds is 3. The molecule has 1 aromatic carbocycles. The molecular formula is C13H16N2O. The number of hydrogen-bond donors (Lipinski definition) is 1. The van der Waals surface area contributed by atoms with E-state index in [1.807, 2.05) is 38.1 Å². The lowest BCUT2D eigenvalue weighted by atomic mass is 10.1. The Bertz CT molecular complexity index is 496. The number of aliphatic hydroxyl groups is 1. The number of aryl methyl sites for hydroxylation is 1. The number of para-hydroxylation sites is 2. The van der Waals surface area contributed by atoms with Gasteiger partial charge in [0.1, 0.15) is 0 Å². The topological polar surface area (TPSA) is 46.0 Å². The summed E-state index contributed by atoms with van der Waals surface area (Å²) in [6.07, 6.45) is 1.00. The second-order valence-corrected chi connectivity index (χ2v) is 4.01. The van der Waals surface area contributed by atoms with Gasteiger partial charge in [0.05, 0.1) is 28.5 Å². The molecule has 3 nitrogen and oxygen atoms in total. The lowest BCUT2D eigenvalue weighted by molar-refractivity contribution is 0.169. The molecule has 16 heavy (non-hydrogen) atoms. The Morgan fingerprint density at radius 3 is 2.44 bits per heavy atom. The smallest absolute Gasteiger partial charge is 0.0890 e. The van der Waals surface area contributed by atoms with E-state index in [0.717, 1.165) is 28.8 Å². The Hall–Kier alpha value is -1.48. The zero-order valence-electron chi connectivity index (χ0n) is 9.64. The van der Waals surface area contributed by atoms with E-state index in [9.17, 15) is 5.11 Å². The normalized spacial score (nSPS) is 12.9. The van der Waals surface area contributed by atoms with Crippen LogP contribution in [-0.2, 0) is 6.42 Å². The zero-order valence-corrected chi connectivity index (χ0v) is 9.64. The van der Waals surface area contributed by atoms with Gasteiger partial charge in [0.25, 0.3) is 0 Å². The van der Waals surface area contributed by atoms with Gasteiger partial charge in [-0.3, -0.25) is 0 Å². The van der Waals surface area contributed by atoms with Gasteiger partial charge in [-0.05, 0) is 25.5 Å². The maximum atomic E-state index is 9.64. The molecule has 1 unspecified atom stereocenters. The van der Waals surface area contributed by atoms with Crippen molar-refractivity contribution in [2.75, 3.05) is 0 Å². The first kappa shape index (κ1) is 11.0. The summed E-state index contributed by atoms with van der Waals surface area (Å²) in [6, 6.07) is 7.81. The minimum absolute atomic E-state index is 0.325. The van der Waals surface area contributed by atoms with Crippen molar-refractivity contribution < 1.29 is 5.11 Å². The van der Waals surface area contributed by atoms with E-state index in [2.05, 4.69) is 9.97 Å². The predicted molar refractivity (Wildman–Crippen MR) is 64.3 cm³/mol. The van der Waals surface area contributed by atoms with E-state index >= 15 is 0 Å². The third-order valence-corrected chi connectivity index (χ3v) is 2.74. The van der Waals surface area contributed by atoms with E-state index < -0.39 is 0 Å². The maximum Gasteiger partial charge on any atom is 0.0890 e. The van der Waals surface area contributed by atoms with Crippen LogP contribution in [0.4, 0.5) is 0 Å². The summed E-state index contributed by atoms with van der Waals surface area (Å²) in [5.41, 5.74) is 3.61. The minimum Gasteiger partial charge on any atom is -0.393 e. The van der Waals surface area contributed by atoms with E-state index in [-0.39, 0.29) is 6.10 Å². The summed E-state index contributed by atoms with van der Waals surface area (Å²) in [7, 11) is 0. The van der Waals surface area contributed by atoms with Crippen LogP contribution < -0.4 is 0 Å². The van der Waals surface area contributed by atoms with Crippen LogP contribution in [0.3, 0.4) is 0 Å². The summed E-state index contributed by atoms with van der Waals surface area (Å²) >= 11 is 0.